The van der Waals surface area contributed by atoms with E-state index in [1.54, 1.807) is 11.8 Å². The number of pyridine rings is 1. The molecule has 2 amide bonds. The molecule has 30 heavy (non-hydrogen) atoms. The van der Waals surface area contributed by atoms with Crippen LogP contribution < -0.4 is 16.0 Å². The summed E-state index contributed by atoms with van der Waals surface area (Å²) in [5.74, 6) is 2.24. The molecule has 1 unspecified atom stereocenters. The van der Waals surface area contributed by atoms with Crippen molar-refractivity contribution in [3.8, 4) is 0 Å². The predicted octanol–water partition coefficient (Wildman–Crippen LogP) is 1.49. The number of piperidine rings is 1. The molecule has 2 aliphatic rings. The SMILES string of the molecule is CCSc1cc(Cn2c(C3CCC(=O)N3)nnc2N2CCC(C(N)=O)CC2)ccn1. The first-order chi connectivity index (χ1) is 14.5. The molecule has 0 radical (unpaired) electrons. The fourth-order valence-corrected chi connectivity index (χ4v) is 4.75. The smallest absolute Gasteiger partial charge is 0.227 e. The number of hydrogen-bond donors (Lipinski definition) is 2. The third kappa shape index (κ3) is 4.43. The Morgan fingerprint density at radius 3 is 2.77 bits per heavy atom. The highest BCUT2D eigenvalue weighted by atomic mass is 32.2. The molecule has 10 heteroatoms. The van der Waals surface area contributed by atoms with Gasteiger partial charge in [0, 0.05) is 31.6 Å². The number of hydrogen-bond acceptors (Lipinski definition) is 7. The molecule has 4 rings (SSSR count). The van der Waals surface area contributed by atoms with E-state index in [4.69, 9.17) is 5.73 Å². The lowest BCUT2D eigenvalue weighted by atomic mass is 9.96. The molecule has 0 saturated carbocycles. The number of aromatic nitrogens is 4. The van der Waals surface area contributed by atoms with Gasteiger partial charge in [-0.2, -0.15) is 0 Å². The van der Waals surface area contributed by atoms with Gasteiger partial charge in [-0.3, -0.25) is 14.2 Å². The molecule has 3 N–H and O–H groups in total. The molecular weight excluding hydrogens is 402 g/mol. The van der Waals surface area contributed by atoms with Crippen molar-refractivity contribution < 1.29 is 9.59 Å². The van der Waals surface area contributed by atoms with E-state index in [9.17, 15) is 9.59 Å². The topological polar surface area (TPSA) is 119 Å². The van der Waals surface area contributed by atoms with Crippen molar-refractivity contribution in [2.45, 2.75) is 50.2 Å². The number of nitrogens with one attached hydrogen (secondary N) is 1. The van der Waals surface area contributed by atoms with Gasteiger partial charge in [-0.25, -0.2) is 4.98 Å². The summed E-state index contributed by atoms with van der Waals surface area (Å²) in [6, 6.07) is 3.96. The second kappa shape index (κ2) is 9.03. The molecule has 0 aliphatic carbocycles. The molecule has 2 saturated heterocycles. The number of amides is 2. The highest BCUT2D eigenvalue weighted by Gasteiger charge is 2.31. The van der Waals surface area contributed by atoms with E-state index in [0.29, 0.717) is 45.3 Å². The van der Waals surface area contributed by atoms with Crippen LogP contribution in [0.3, 0.4) is 0 Å². The first kappa shape index (κ1) is 20.6. The van der Waals surface area contributed by atoms with E-state index in [1.165, 1.54) is 0 Å². The van der Waals surface area contributed by atoms with Gasteiger partial charge in [0.15, 0.2) is 5.82 Å². The van der Waals surface area contributed by atoms with Crippen molar-refractivity contribution in [2.24, 2.45) is 11.7 Å². The lowest BCUT2D eigenvalue weighted by molar-refractivity contribution is -0.122. The highest BCUT2D eigenvalue weighted by molar-refractivity contribution is 7.99. The van der Waals surface area contributed by atoms with E-state index in [0.717, 1.165) is 28.1 Å². The second-order valence-corrected chi connectivity index (χ2v) is 8.99. The molecule has 0 bridgehead atoms. The van der Waals surface area contributed by atoms with Crippen LogP contribution >= 0.6 is 11.8 Å². The van der Waals surface area contributed by atoms with Crippen molar-refractivity contribution in [2.75, 3.05) is 23.7 Å². The summed E-state index contributed by atoms with van der Waals surface area (Å²) in [6.45, 7) is 4.11. The molecule has 2 aliphatic heterocycles. The Bertz CT molecular complexity index is 924. The maximum Gasteiger partial charge on any atom is 0.227 e. The van der Waals surface area contributed by atoms with E-state index >= 15 is 0 Å². The summed E-state index contributed by atoms with van der Waals surface area (Å²) in [7, 11) is 0. The minimum atomic E-state index is -0.233. The Kier molecular flexibility index (Phi) is 6.21. The van der Waals surface area contributed by atoms with Gasteiger partial charge in [-0.1, -0.05) is 6.92 Å². The van der Waals surface area contributed by atoms with Gasteiger partial charge < -0.3 is 16.0 Å². The van der Waals surface area contributed by atoms with Crippen LogP contribution in [0.5, 0.6) is 0 Å². The zero-order valence-electron chi connectivity index (χ0n) is 17.1. The van der Waals surface area contributed by atoms with Crippen LogP contribution in [-0.4, -0.2) is 50.4 Å². The molecular formula is C20H27N7O2S. The van der Waals surface area contributed by atoms with E-state index in [2.05, 4.69) is 43.0 Å². The van der Waals surface area contributed by atoms with Crippen molar-refractivity contribution in [3.63, 3.8) is 0 Å². The minimum absolute atomic E-state index is 0.0453. The summed E-state index contributed by atoms with van der Waals surface area (Å²) in [5, 5.41) is 12.9. The lowest BCUT2D eigenvalue weighted by Crippen LogP contribution is -2.40. The number of nitrogens with two attached hydrogens (primary N) is 1. The first-order valence-corrected chi connectivity index (χ1v) is 11.4. The van der Waals surface area contributed by atoms with Gasteiger partial charge in [0.25, 0.3) is 0 Å². The van der Waals surface area contributed by atoms with Gasteiger partial charge in [-0.15, -0.1) is 22.0 Å². The Morgan fingerprint density at radius 2 is 2.10 bits per heavy atom. The molecule has 2 aromatic rings. The van der Waals surface area contributed by atoms with E-state index in [-0.39, 0.29) is 23.8 Å². The minimum Gasteiger partial charge on any atom is -0.369 e. The highest BCUT2D eigenvalue weighted by Crippen LogP contribution is 2.29. The largest absolute Gasteiger partial charge is 0.369 e. The number of carbonyl (C=O) groups is 2. The maximum absolute atomic E-state index is 11.8. The molecule has 0 aromatic carbocycles. The fraction of sp³-hybridized carbons (Fsp3) is 0.550. The van der Waals surface area contributed by atoms with Crippen LogP contribution in [0.25, 0.3) is 0 Å². The summed E-state index contributed by atoms with van der Waals surface area (Å²) >= 11 is 1.70. The Balaban J connectivity index is 1.62. The molecule has 9 nitrogen and oxygen atoms in total. The van der Waals surface area contributed by atoms with Crippen LogP contribution in [0.4, 0.5) is 5.95 Å². The van der Waals surface area contributed by atoms with Crippen LogP contribution in [0.2, 0.25) is 0 Å². The molecule has 4 heterocycles. The molecule has 0 spiro atoms. The van der Waals surface area contributed by atoms with Gasteiger partial charge in [-0.05, 0) is 42.7 Å². The number of thioether (sulfide) groups is 1. The fourth-order valence-electron chi connectivity index (χ4n) is 4.08. The van der Waals surface area contributed by atoms with Crippen molar-refractivity contribution in [1.29, 1.82) is 0 Å². The number of primary amides is 1. The third-order valence-electron chi connectivity index (χ3n) is 5.68. The van der Waals surface area contributed by atoms with E-state index in [1.807, 2.05) is 12.3 Å². The summed E-state index contributed by atoms with van der Waals surface area (Å²) in [6.07, 6.45) is 4.47. The monoisotopic (exact) mass is 429 g/mol. The summed E-state index contributed by atoms with van der Waals surface area (Å²) < 4.78 is 2.09. The van der Waals surface area contributed by atoms with E-state index < -0.39 is 0 Å². The van der Waals surface area contributed by atoms with Crippen LogP contribution in [0.1, 0.15) is 50.0 Å². The average Bonchev–Trinajstić information content (AvgIpc) is 3.35. The molecule has 2 aromatic heterocycles. The molecule has 1 atom stereocenters. The van der Waals surface area contributed by atoms with Gasteiger partial charge in [0.05, 0.1) is 17.6 Å². The van der Waals surface area contributed by atoms with Gasteiger partial charge in [0.1, 0.15) is 0 Å². The van der Waals surface area contributed by atoms with Crippen molar-refractivity contribution in [3.05, 3.63) is 29.7 Å². The molecule has 2 fully saturated rings. The van der Waals surface area contributed by atoms with Gasteiger partial charge >= 0.3 is 0 Å². The van der Waals surface area contributed by atoms with Gasteiger partial charge in [0.2, 0.25) is 17.8 Å². The summed E-state index contributed by atoms with van der Waals surface area (Å²) in [4.78, 5) is 29.9. The lowest BCUT2D eigenvalue weighted by Gasteiger charge is -2.31. The second-order valence-electron chi connectivity index (χ2n) is 7.70. The zero-order chi connectivity index (χ0) is 21.1. The molecule has 160 valence electrons. The average molecular weight is 430 g/mol. The van der Waals surface area contributed by atoms with Crippen LogP contribution in [0.15, 0.2) is 23.4 Å². The normalized spacial score (nSPS) is 19.8. The standard InChI is InChI=1S/C20H27N7O2S/c1-2-30-17-11-13(5-8-22-17)12-27-19(15-3-4-16(28)23-15)24-25-20(27)26-9-6-14(7-10-26)18(21)29/h5,8,11,14-15H,2-4,6-7,9-10,12H2,1H3,(H2,21,29)(H,23,28). The predicted molar refractivity (Wildman–Crippen MR) is 114 cm³/mol. The number of anilines is 1. The first-order valence-electron chi connectivity index (χ1n) is 10.4. The number of carbonyl (C=O) groups excluding carboxylic acids is 2. The Hall–Kier alpha value is -2.62. The zero-order valence-corrected chi connectivity index (χ0v) is 17.9. The quantitative estimate of drug-likeness (QED) is 0.640. The third-order valence-corrected chi connectivity index (χ3v) is 6.49. The van der Waals surface area contributed by atoms with Crippen LogP contribution in [0, 0.1) is 5.92 Å². The van der Waals surface area contributed by atoms with Crippen molar-refractivity contribution in [1.82, 2.24) is 25.1 Å². The Morgan fingerprint density at radius 1 is 1.30 bits per heavy atom. The number of rotatable bonds is 7. The Labute approximate surface area is 179 Å². The maximum atomic E-state index is 11.8. The van der Waals surface area contributed by atoms with Crippen LogP contribution in [-0.2, 0) is 16.1 Å². The van der Waals surface area contributed by atoms with Crippen molar-refractivity contribution >= 4 is 29.5 Å². The number of nitrogens with zero attached hydrogens (tertiary/aromatic N) is 5. The summed E-state index contributed by atoms with van der Waals surface area (Å²) in [5.41, 5.74) is 6.59.